The Labute approximate surface area is 172 Å². The predicted molar refractivity (Wildman–Crippen MR) is 115 cm³/mol. The molecule has 5 nitrogen and oxygen atoms in total. The zero-order chi connectivity index (χ0) is 20.4. The number of aromatic nitrogens is 3. The van der Waals surface area contributed by atoms with Crippen molar-refractivity contribution in [3.05, 3.63) is 41.2 Å². The quantitative estimate of drug-likeness (QED) is 0.601. The number of carbonyl (C=O) groups is 1. The third kappa shape index (κ3) is 7.28. The summed E-state index contributed by atoms with van der Waals surface area (Å²) in [5, 5.41) is 9.17. The van der Waals surface area contributed by atoms with Gasteiger partial charge in [-0.2, -0.15) is 0 Å². The molecule has 0 unspecified atom stereocenters. The van der Waals surface area contributed by atoms with Crippen LogP contribution in [0.2, 0.25) is 5.02 Å². The Bertz CT molecular complexity index is 691. The number of ketones is 1. The number of Topliss-reactive ketones (excluding diaryl/α,β-unsaturated/α-hetero) is 1. The maximum atomic E-state index is 12.4. The van der Waals surface area contributed by atoms with Crippen molar-refractivity contribution >= 4 is 29.1 Å². The van der Waals surface area contributed by atoms with Gasteiger partial charge < -0.3 is 9.47 Å². The number of nitrogens with zero attached hydrogens (tertiary/aromatic N) is 4. The highest BCUT2D eigenvalue weighted by atomic mass is 35.5. The minimum absolute atomic E-state index is 0.146. The largest absolute Gasteiger partial charge is 0.312 e. The molecule has 0 radical (unpaired) electrons. The fraction of sp³-hybridized carbons (Fsp3) is 0.550. The van der Waals surface area contributed by atoms with Gasteiger partial charge in [0.15, 0.2) is 10.9 Å². The number of rotatable bonds is 8. The molecule has 0 aliphatic heterocycles. The average Bonchev–Trinajstić information content (AvgIpc) is 3.07. The van der Waals surface area contributed by atoms with Gasteiger partial charge in [-0.3, -0.25) is 4.79 Å². The van der Waals surface area contributed by atoms with Crippen molar-refractivity contribution in [2.45, 2.75) is 45.2 Å². The van der Waals surface area contributed by atoms with Crippen LogP contribution in [0, 0.1) is 0 Å². The Morgan fingerprint density at radius 1 is 1.15 bits per heavy atom. The van der Waals surface area contributed by atoms with E-state index in [2.05, 4.69) is 35.9 Å². The van der Waals surface area contributed by atoms with Gasteiger partial charge in [0.05, 0.1) is 5.75 Å². The minimum atomic E-state index is -0.545. The third-order valence-electron chi connectivity index (χ3n) is 4.61. The summed E-state index contributed by atoms with van der Waals surface area (Å²) in [7, 11) is 1.86. The molecule has 0 N–H and O–H groups in total. The van der Waals surface area contributed by atoms with Crippen molar-refractivity contribution in [2.75, 3.05) is 25.4 Å². The van der Waals surface area contributed by atoms with Crippen molar-refractivity contribution in [3.8, 4) is 0 Å². The first kappa shape index (κ1) is 23.7. The second-order valence-electron chi connectivity index (χ2n) is 6.69. The van der Waals surface area contributed by atoms with Crippen molar-refractivity contribution < 1.29 is 4.79 Å². The number of thioether (sulfide) groups is 1. The molecule has 0 aliphatic rings. The average molecular weight is 411 g/mol. The lowest BCUT2D eigenvalue weighted by atomic mass is 9.81. The number of benzene rings is 1. The Balaban J connectivity index is 0.000000445. The molecule has 0 amide bonds. The summed E-state index contributed by atoms with van der Waals surface area (Å²) >= 11 is 7.28. The molecular weight excluding hydrogens is 380 g/mol. The summed E-state index contributed by atoms with van der Waals surface area (Å²) < 4.78 is 1.80. The molecule has 0 saturated heterocycles. The maximum Gasteiger partial charge on any atom is 0.191 e. The van der Waals surface area contributed by atoms with Crippen molar-refractivity contribution in [1.82, 2.24) is 19.7 Å². The topological polar surface area (TPSA) is 51.0 Å². The first-order valence-corrected chi connectivity index (χ1v) is 10.6. The SMILES string of the molecule is CCN(CC)CC.Cn1cnnc1SCC(=O)C(C)(C)c1ccc(Cl)cc1. The van der Waals surface area contributed by atoms with Crippen LogP contribution in [-0.4, -0.2) is 50.8 Å². The van der Waals surface area contributed by atoms with E-state index in [9.17, 15) is 4.79 Å². The molecule has 2 aromatic rings. The van der Waals surface area contributed by atoms with Gasteiger partial charge in [-0.05, 0) is 51.2 Å². The summed E-state index contributed by atoms with van der Waals surface area (Å²) in [6.07, 6.45) is 1.62. The van der Waals surface area contributed by atoms with Gasteiger partial charge in [0, 0.05) is 17.5 Å². The van der Waals surface area contributed by atoms with Gasteiger partial charge in [-0.1, -0.05) is 56.3 Å². The monoisotopic (exact) mass is 410 g/mol. The molecule has 1 aromatic carbocycles. The Kier molecular flexibility index (Phi) is 10.1. The molecule has 2 rings (SSSR count). The van der Waals surface area contributed by atoms with Crippen LogP contribution in [0.4, 0.5) is 0 Å². The smallest absolute Gasteiger partial charge is 0.191 e. The molecule has 0 spiro atoms. The highest BCUT2D eigenvalue weighted by Gasteiger charge is 2.29. The van der Waals surface area contributed by atoms with E-state index in [-0.39, 0.29) is 5.78 Å². The molecule has 0 saturated carbocycles. The fourth-order valence-corrected chi connectivity index (χ4v) is 3.51. The summed E-state index contributed by atoms with van der Waals surface area (Å²) in [5.41, 5.74) is 0.418. The first-order valence-electron chi connectivity index (χ1n) is 9.24. The number of aryl methyl sites for hydroxylation is 1. The maximum absolute atomic E-state index is 12.4. The Morgan fingerprint density at radius 2 is 1.70 bits per heavy atom. The zero-order valence-electron chi connectivity index (χ0n) is 17.2. The van der Waals surface area contributed by atoms with E-state index in [4.69, 9.17) is 11.6 Å². The highest BCUT2D eigenvalue weighted by molar-refractivity contribution is 7.99. The fourth-order valence-electron chi connectivity index (χ4n) is 2.41. The molecule has 1 aromatic heterocycles. The minimum Gasteiger partial charge on any atom is -0.312 e. The third-order valence-corrected chi connectivity index (χ3v) is 5.89. The normalized spacial score (nSPS) is 11.3. The predicted octanol–water partition coefficient (Wildman–Crippen LogP) is 4.46. The highest BCUT2D eigenvalue weighted by Crippen LogP contribution is 2.28. The molecule has 0 fully saturated rings. The molecule has 0 aliphatic carbocycles. The van der Waals surface area contributed by atoms with Gasteiger partial charge in [0.25, 0.3) is 0 Å². The lowest BCUT2D eigenvalue weighted by Crippen LogP contribution is -2.30. The van der Waals surface area contributed by atoms with Gasteiger partial charge in [0.2, 0.25) is 0 Å². The Morgan fingerprint density at radius 3 is 2.11 bits per heavy atom. The van der Waals surface area contributed by atoms with E-state index in [1.165, 1.54) is 31.4 Å². The van der Waals surface area contributed by atoms with Gasteiger partial charge in [0.1, 0.15) is 6.33 Å². The number of halogens is 1. The summed E-state index contributed by atoms with van der Waals surface area (Å²) in [6, 6.07) is 7.41. The van der Waals surface area contributed by atoms with E-state index in [1.54, 1.807) is 10.9 Å². The second kappa shape index (κ2) is 11.5. The van der Waals surface area contributed by atoms with E-state index < -0.39 is 5.41 Å². The summed E-state index contributed by atoms with van der Waals surface area (Å²) in [4.78, 5) is 14.8. The van der Waals surface area contributed by atoms with Crippen LogP contribution in [0.5, 0.6) is 0 Å². The van der Waals surface area contributed by atoms with Gasteiger partial charge >= 0.3 is 0 Å². The van der Waals surface area contributed by atoms with Gasteiger partial charge in [-0.25, -0.2) is 0 Å². The molecule has 7 heteroatoms. The standard InChI is InChI=1S/C14H16ClN3OS.C6H15N/c1-14(2,10-4-6-11(15)7-5-10)12(19)8-20-13-17-16-9-18(13)3;1-4-7(5-2)6-3/h4-7,9H,8H2,1-3H3;4-6H2,1-3H3. The van der Waals surface area contributed by atoms with Crippen LogP contribution in [0.15, 0.2) is 35.7 Å². The lowest BCUT2D eigenvalue weighted by Gasteiger charge is -2.23. The lowest BCUT2D eigenvalue weighted by molar-refractivity contribution is -0.120. The number of carbonyl (C=O) groups excluding carboxylic acids is 1. The van der Waals surface area contributed by atoms with E-state index in [0.29, 0.717) is 10.8 Å². The van der Waals surface area contributed by atoms with Crippen molar-refractivity contribution in [3.63, 3.8) is 0 Å². The van der Waals surface area contributed by atoms with Gasteiger partial charge in [-0.15, -0.1) is 10.2 Å². The zero-order valence-corrected chi connectivity index (χ0v) is 18.8. The van der Waals surface area contributed by atoms with Crippen LogP contribution in [0.3, 0.4) is 0 Å². The molecule has 150 valence electrons. The van der Waals surface area contributed by atoms with Crippen LogP contribution in [0.1, 0.15) is 40.2 Å². The van der Waals surface area contributed by atoms with E-state index in [1.807, 2.05) is 45.2 Å². The second-order valence-corrected chi connectivity index (χ2v) is 8.07. The number of hydrogen-bond acceptors (Lipinski definition) is 5. The van der Waals surface area contributed by atoms with E-state index >= 15 is 0 Å². The first-order chi connectivity index (χ1) is 12.8. The summed E-state index contributed by atoms with van der Waals surface area (Å²) in [5.74, 6) is 0.509. The van der Waals surface area contributed by atoms with Crippen LogP contribution in [0.25, 0.3) is 0 Å². The molecular formula is C20H31ClN4OS. The Hall–Kier alpha value is -1.37. The van der Waals surface area contributed by atoms with Crippen molar-refractivity contribution in [1.29, 1.82) is 0 Å². The van der Waals surface area contributed by atoms with E-state index in [0.717, 1.165) is 10.7 Å². The molecule has 27 heavy (non-hydrogen) atoms. The van der Waals surface area contributed by atoms with Crippen LogP contribution < -0.4 is 0 Å². The van der Waals surface area contributed by atoms with Crippen molar-refractivity contribution in [2.24, 2.45) is 7.05 Å². The molecule has 1 heterocycles. The number of hydrogen-bond donors (Lipinski definition) is 0. The molecule has 0 atom stereocenters. The summed E-state index contributed by atoms with van der Waals surface area (Å²) in [6.45, 7) is 14.0. The van der Waals surface area contributed by atoms with Crippen LogP contribution >= 0.6 is 23.4 Å². The molecule has 0 bridgehead atoms. The van der Waals surface area contributed by atoms with Crippen LogP contribution in [-0.2, 0) is 17.3 Å².